The van der Waals surface area contributed by atoms with E-state index in [-0.39, 0.29) is 0 Å². The first-order chi connectivity index (χ1) is 12.2. The molecule has 0 bridgehead atoms. The molecule has 0 radical (unpaired) electrons. The van der Waals surface area contributed by atoms with E-state index in [1.165, 1.54) is 16.5 Å². The van der Waals surface area contributed by atoms with Crippen molar-refractivity contribution in [2.45, 2.75) is 31.8 Å². The number of fused-ring (bicyclic) bond motifs is 1. The van der Waals surface area contributed by atoms with Crippen LogP contribution in [0.1, 0.15) is 31.7 Å². The third kappa shape index (κ3) is 3.50. The van der Waals surface area contributed by atoms with Crippen molar-refractivity contribution >= 4 is 16.6 Å². The van der Waals surface area contributed by atoms with Crippen molar-refractivity contribution in [3.63, 3.8) is 0 Å². The molecule has 0 aromatic carbocycles. The van der Waals surface area contributed by atoms with Crippen molar-refractivity contribution in [3.05, 3.63) is 36.2 Å². The lowest BCUT2D eigenvalue weighted by atomic mass is 9.91. The summed E-state index contributed by atoms with van der Waals surface area (Å²) in [6.45, 7) is 7.84. The minimum absolute atomic E-state index is 0.551. The summed E-state index contributed by atoms with van der Waals surface area (Å²) >= 11 is 0. The molecule has 1 atom stereocenters. The molecule has 2 aliphatic rings. The van der Waals surface area contributed by atoms with Crippen LogP contribution < -0.4 is 0 Å². The Morgan fingerprint density at radius 1 is 1.32 bits per heavy atom. The normalized spacial score (nSPS) is 26.1. The van der Waals surface area contributed by atoms with E-state index in [0.717, 1.165) is 64.2 Å². The lowest BCUT2D eigenvalue weighted by Gasteiger charge is -2.42. The van der Waals surface area contributed by atoms with Crippen molar-refractivity contribution in [2.24, 2.45) is 0 Å². The topological polar surface area (TPSA) is 55.4 Å². The van der Waals surface area contributed by atoms with E-state index < -0.39 is 5.60 Å². The minimum Gasteiger partial charge on any atom is -0.387 e. The summed E-state index contributed by atoms with van der Waals surface area (Å²) in [7, 11) is 0. The number of aromatic nitrogens is 2. The molecule has 5 nitrogen and oxygen atoms in total. The average molecular weight is 340 g/mol. The Labute approximate surface area is 149 Å². The zero-order chi connectivity index (χ0) is 17.3. The number of rotatable bonds is 4. The molecule has 0 unspecified atom stereocenters. The highest BCUT2D eigenvalue weighted by atomic mass is 16.3. The Morgan fingerprint density at radius 3 is 3.04 bits per heavy atom. The van der Waals surface area contributed by atoms with E-state index in [1.54, 1.807) is 0 Å². The summed E-state index contributed by atoms with van der Waals surface area (Å²) in [6, 6.07) is 4.12. The molecule has 134 valence electrons. The highest BCUT2D eigenvalue weighted by Gasteiger charge is 2.34. The first-order valence-corrected chi connectivity index (χ1v) is 9.45. The van der Waals surface area contributed by atoms with Gasteiger partial charge in [0.15, 0.2) is 0 Å². The lowest BCUT2D eigenvalue weighted by molar-refractivity contribution is -0.0504. The van der Waals surface area contributed by atoms with Crippen molar-refractivity contribution in [1.29, 1.82) is 0 Å². The third-order valence-electron chi connectivity index (χ3n) is 5.69. The quantitative estimate of drug-likeness (QED) is 0.898. The van der Waals surface area contributed by atoms with Gasteiger partial charge in [-0.2, -0.15) is 0 Å². The van der Waals surface area contributed by atoms with E-state index in [4.69, 9.17) is 0 Å². The number of nitrogens with one attached hydrogen (secondary N) is 1. The molecule has 0 spiro atoms. The van der Waals surface area contributed by atoms with Crippen LogP contribution in [0.3, 0.4) is 0 Å². The zero-order valence-corrected chi connectivity index (χ0v) is 15.0. The number of hydrogen-bond donors (Lipinski definition) is 2. The van der Waals surface area contributed by atoms with Gasteiger partial charge in [-0.15, -0.1) is 0 Å². The van der Waals surface area contributed by atoms with Gasteiger partial charge < -0.3 is 15.0 Å². The Hall–Kier alpha value is -1.69. The van der Waals surface area contributed by atoms with Gasteiger partial charge in [0.25, 0.3) is 0 Å². The van der Waals surface area contributed by atoms with Gasteiger partial charge in [0.05, 0.1) is 5.60 Å². The van der Waals surface area contributed by atoms with E-state index in [1.807, 2.05) is 12.3 Å². The second-order valence-electron chi connectivity index (χ2n) is 7.51. The number of pyridine rings is 1. The second kappa shape index (κ2) is 6.90. The van der Waals surface area contributed by atoms with Crippen LogP contribution in [0.2, 0.25) is 0 Å². The number of aromatic amines is 1. The van der Waals surface area contributed by atoms with Crippen molar-refractivity contribution in [1.82, 2.24) is 19.8 Å². The number of piperidine rings is 1. The smallest absolute Gasteiger partial charge is 0.137 e. The lowest BCUT2D eigenvalue weighted by Crippen LogP contribution is -2.54. The second-order valence-corrected chi connectivity index (χ2v) is 7.51. The number of aliphatic hydroxyl groups is 1. The highest BCUT2D eigenvalue weighted by Crippen LogP contribution is 2.29. The van der Waals surface area contributed by atoms with Gasteiger partial charge in [-0.1, -0.05) is 13.0 Å². The van der Waals surface area contributed by atoms with Gasteiger partial charge >= 0.3 is 0 Å². The Bertz CT molecular complexity index is 768. The predicted molar refractivity (Wildman–Crippen MR) is 101 cm³/mol. The summed E-state index contributed by atoms with van der Waals surface area (Å²) < 4.78 is 0. The van der Waals surface area contributed by atoms with E-state index in [0.29, 0.717) is 0 Å². The summed E-state index contributed by atoms with van der Waals surface area (Å²) in [5.74, 6) is 0. The maximum absolute atomic E-state index is 11.0. The molecule has 0 saturated carbocycles. The molecule has 2 N–H and O–H groups in total. The van der Waals surface area contributed by atoms with Crippen LogP contribution in [0, 0.1) is 0 Å². The van der Waals surface area contributed by atoms with E-state index >= 15 is 0 Å². The predicted octanol–water partition coefficient (Wildman–Crippen LogP) is 2.50. The fourth-order valence-electron chi connectivity index (χ4n) is 4.34. The molecule has 1 saturated heterocycles. The van der Waals surface area contributed by atoms with Gasteiger partial charge in [-0.05, 0) is 50.1 Å². The van der Waals surface area contributed by atoms with E-state index in [9.17, 15) is 5.11 Å². The number of β-amino-alcohol motifs (C(OH)–C–C–N with tert-alkyl or cyclic N) is 1. The molecule has 4 heterocycles. The third-order valence-corrected chi connectivity index (χ3v) is 5.69. The van der Waals surface area contributed by atoms with Crippen molar-refractivity contribution in [2.75, 3.05) is 39.3 Å². The Morgan fingerprint density at radius 2 is 2.24 bits per heavy atom. The molecular weight excluding hydrogens is 312 g/mol. The average Bonchev–Trinajstić information content (AvgIpc) is 3.06. The maximum Gasteiger partial charge on any atom is 0.137 e. The first-order valence-electron chi connectivity index (χ1n) is 9.45. The Kier molecular flexibility index (Phi) is 4.63. The number of hydrogen-bond acceptors (Lipinski definition) is 4. The van der Waals surface area contributed by atoms with Gasteiger partial charge in [0.2, 0.25) is 0 Å². The Balaban J connectivity index is 1.44. The molecule has 0 amide bonds. The van der Waals surface area contributed by atoms with Crippen molar-refractivity contribution in [3.8, 4) is 0 Å². The molecule has 2 aliphatic heterocycles. The van der Waals surface area contributed by atoms with Crippen LogP contribution >= 0.6 is 0 Å². The summed E-state index contributed by atoms with van der Waals surface area (Å²) in [5, 5.41) is 12.2. The van der Waals surface area contributed by atoms with Crippen LogP contribution in [0.4, 0.5) is 0 Å². The van der Waals surface area contributed by atoms with Gasteiger partial charge in [0, 0.05) is 49.5 Å². The molecule has 1 fully saturated rings. The zero-order valence-electron chi connectivity index (χ0n) is 15.0. The molecular formula is C20H28N4O. The summed E-state index contributed by atoms with van der Waals surface area (Å²) in [6.07, 6.45) is 9.27. The van der Waals surface area contributed by atoms with Gasteiger partial charge in [-0.3, -0.25) is 4.90 Å². The SMILES string of the molecule is CCN1CCC[C@@](O)(CN2CC=C(c3c[nH]c4ncccc34)CC2)C1. The molecule has 2 aromatic heterocycles. The molecule has 25 heavy (non-hydrogen) atoms. The highest BCUT2D eigenvalue weighted by molar-refractivity contribution is 5.90. The molecule has 4 rings (SSSR count). The molecule has 0 aliphatic carbocycles. The summed E-state index contributed by atoms with van der Waals surface area (Å²) in [4.78, 5) is 12.4. The van der Waals surface area contributed by atoms with Crippen LogP contribution in [0.5, 0.6) is 0 Å². The van der Waals surface area contributed by atoms with E-state index in [2.05, 4.69) is 45.0 Å². The number of likely N-dealkylation sites (tertiary alicyclic amines) is 1. The maximum atomic E-state index is 11.0. The van der Waals surface area contributed by atoms with Gasteiger partial charge in [0.1, 0.15) is 5.65 Å². The number of H-pyrrole nitrogens is 1. The van der Waals surface area contributed by atoms with Gasteiger partial charge in [-0.25, -0.2) is 4.98 Å². The fraction of sp³-hybridized carbons (Fsp3) is 0.550. The largest absolute Gasteiger partial charge is 0.387 e. The molecule has 2 aromatic rings. The fourth-order valence-corrected chi connectivity index (χ4v) is 4.34. The number of nitrogens with zero attached hydrogens (tertiary/aromatic N) is 3. The molecule has 5 heteroatoms. The summed E-state index contributed by atoms with van der Waals surface area (Å²) in [5.41, 5.74) is 3.07. The van der Waals surface area contributed by atoms with Crippen LogP contribution in [-0.4, -0.2) is 69.7 Å². The van der Waals surface area contributed by atoms with Crippen LogP contribution in [-0.2, 0) is 0 Å². The standard InChI is InChI=1S/C20H28N4O/c1-2-23-10-4-8-20(25,14-23)15-24-11-6-16(7-12-24)18-13-22-19-17(18)5-3-9-21-19/h3,5-6,9,13,25H,2,4,7-8,10-12,14-15H2,1H3,(H,21,22)/t20-/m0/s1. The minimum atomic E-state index is -0.551. The first kappa shape index (κ1) is 16.8. The monoisotopic (exact) mass is 340 g/mol. The van der Waals surface area contributed by atoms with Crippen LogP contribution in [0.25, 0.3) is 16.6 Å². The van der Waals surface area contributed by atoms with Crippen molar-refractivity contribution < 1.29 is 5.11 Å². The number of likely N-dealkylation sites (N-methyl/N-ethyl adjacent to an activating group) is 1. The van der Waals surface area contributed by atoms with Crippen LogP contribution in [0.15, 0.2) is 30.6 Å².